The zero-order valence-electron chi connectivity index (χ0n) is 7.19. The van der Waals surface area contributed by atoms with E-state index in [1.165, 1.54) is 23.6 Å². The van der Waals surface area contributed by atoms with Gasteiger partial charge in [0.25, 0.3) is 0 Å². The van der Waals surface area contributed by atoms with Crippen molar-refractivity contribution in [2.24, 2.45) is 0 Å². The molecule has 0 aromatic carbocycles. The molecule has 0 amide bonds. The number of aromatic nitrogens is 1. The second-order valence-electron chi connectivity index (χ2n) is 2.07. The Balaban J connectivity index is 2.29. The van der Waals surface area contributed by atoms with E-state index >= 15 is 0 Å². The van der Waals surface area contributed by atoms with Crippen LogP contribution in [0.2, 0.25) is 0 Å². The first kappa shape index (κ1) is 9.73. The van der Waals surface area contributed by atoms with Crippen LogP contribution in [0.1, 0.15) is 6.92 Å². The molecular weight excluding hydrogens is 188 g/mol. The van der Waals surface area contributed by atoms with Crippen molar-refractivity contribution in [1.29, 1.82) is 0 Å². The van der Waals surface area contributed by atoms with Crippen LogP contribution in [-0.4, -0.2) is 17.6 Å². The van der Waals surface area contributed by atoms with Gasteiger partial charge in [-0.1, -0.05) is 0 Å². The summed E-state index contributed by atoms with van der Waals surface area (Å²) in [5.41, 5.74) is 0. The van der Waals surface area contributed by atoms with E-state index in [1.54, 1.807) is 13.1 Å². The molecule has 0 bridgehead atoms. The monoisotopic (exact) mass is 198 g/mol. The van der Waals surface area contributed by atoms with Crippen LogP contribution in [0.15, 0.2) is 23.9 Å². The summed E-state index contributed by atoms with van der Waals surface area (Å²) < 4.78 is 4.68. The van der Waals surface area contributed by atoms with Crippen molar-refractivity contribution in [3.63, 3.8) is 0 Å². The average Bonchev–Trinajstić information content (AvgIpc) is 2.57. The van der Waals surface area contributed by atoms with Gasteiger partial charge in [-0.25, -0.2) is 9.78 Å². The molecule has 0 aliphatic carbocycles. The molecule has 0 atom stereocenters. The minimum atomic E-state index is -0.355. The van der Waals surface area contributed by atoms with Crippen molar-refractivity contribution in [1.82, 2.24) is 4.98 Å². The predicted molar refractivity (Wildman–Crippen MR) is 51.5 cm³/mol. The van der Waals surface area contributed by atoms with Gasteiger partial charge in [0.15, 0.2) is 5.13 Å². The number of hydrogen-bond donors (Lipinski definition) is 1. The number of carbonyl (C=O) groups excluding carboxylic acids is 1. The standard InChI is InChI=1S/C8H10N2O2S/c1-2-12-7(11)3-4-9-8-10-5-6-13-8/h3-6H,2H2,1H3,(H,9,10)/b4-3+. The maximum absolute atomic E-state index is 10.8. The highest BCUT2D eigenvalue weighted by Crippen LogP contribution is 2.09. The first-order valence-electron chi connectivity index (χ1n) is 3.82. The molecule has 1 aromatic heterocycles. The van der Waals surface area contributed by atoms with Gasteiger partial charge in [-0.2, -0.15) is 0 Å². The third-order valence-corrected chi connectivity index (χ3v) is 1.85. The molecule has 5 heteroatoms. The number of ether oxygens (including phenoxy) is 1. The summed E-state index contributed by atoms with van der Waals surface area (Å²) in [6.07, 6.45) is 4.52. The van der Waals surface area contributed by atoms with Crippen molar-refractivity contribution in [3.8, 4) is 0 Å². The molecule has 0 fully saturated rings. The molecule has 0 spiro atoms. The highest BCUT2D eigenvalue weighted by atomic mass is 32.1. The van der Waals surface area contributed by atoms with E-state index in [-0.39, 0.29) is 5.97 Å². The van der Waals surface area contributed by atoms with Crippen molar-refractivity contribution in [2.45, 2.75) is 6.92 Å². The number of hydrogen-bond acceptors (Lipinski definition) is 5. The van der Waals surface area contributed by atoms with Crippen molar-refractivity contribution in [2.75, 3.05) is 11.9 Å². The molecule has 0 unspecified atom stereocenters. The highest BCUT2D eigenvalue weighted by molar-refractivity contribution is 7.13. The Kier molecular flexibility index (Phi) is 3.98. The summed E-state index contributed by atoms with van der Waals surface area (Å²) in [6.45, 7) is 2.15. The smallest absolute Gasteiger partial charge is 0.332 e. The SMILES string of the molecule is CCOC(=O)/C=C/Nc1nccs1. The average molecular weight is 198 g/mol. The first-order valence-corrected chi connectivity index (χ1v) is 4.70. The fourth-order valence-corrected chi connectivity index (χ4v) is 1.17. The van der Waals surface area contributed by atoms with Gasteiger partial charge in [-0.3, -0.25) is 0 Å². The van der Waals surface area contributed by atoms with Gasteiger partial charge in [0, 0.05) is 23.9 Å². The summed E-state index contributed by atoms with van der Waals surface area (Å²) in [7, 11) is 0. The number of esters is 1. The van der Waals surface area contributed by atoms with Crippen molar-refractivity contribution >= 4 is 22.4 Å². The summed E-state index contributed by atoms with van der Waals surface area (Å²) in [5.74, 6) is -0.355. The fraction of sp³-hybridized carbons (Fsp3) is 0.250. The molecule has 1 N–H and O–H groups in total. The van der Waals surface area contributed by atoms with E-state index in [4.69, 9.17) is 0 Å². The number of nitrogens with one attached hydrogen (secondary N) is 1. The molecule has 0 saturated carbocycles. The van der Waals surface area contributed by atoms with Crippen molar-refractivity contribution < 1.29 is 9.53 Å². The van der Waals surface area contributed by atoms with Gasteiger partial charge in [0.2, 0.25) is 0 Å². The van der Waals surface area contributed by atoms with Crippen LogP contribution in [-0.2, 0) is 9.53 Å². The largest absolute Gasteiger partial charge is 0.463 e. The summed E-state index contributed by atoms with van der Waals surface area (Å²) in [5, 5.41) is 5.44. The minimum absolute atomic E-state index is 0.355. The summed E-state index contributed by atoms with van der Waals surface area (Å²) >= 11 is 1.46. The Labute approximate surface area is 80.3 Å². The number of thiazole rings is 1. The van der Waals surface area contributed by atoms with Gasteiger partial charge < -0.3 is 10.1 Å². The molecule has 13 heavy (non-hydrogen) atoms. The molecule has 1 rings (SSSR count). The lowest BCUT2D eigenvalue weighted by Gasteiger charge is -1.94. The zero-order valence-corrected chi connectivity index (χ0v) is 8.00. The van der Waals surface area contributed by atoms with Crippen molar-refractivity contribution in [3.05, 3.63) is 23.9 Å². The van der Waals surface area contributed by atoms with Crippen LogP contribution in [0, 0.1) is 0 Å². The van der Waals surface area contributed by atoms with Crippen LogP contribution in [0.4, 0.5) is 5.13 Å². The van der Waals surface area contributed by atoms with Crippen LogP contribution < -0.4 is 5.32 Å². The lowest BCUT2D eigenvalue weighted by Crippen LogP contribution is -2.00. The van der Waals surface area contributed by atoms with Gasteiger partial charge in [0.05, 0.1) is 6.61 Å². The lowest BCUT2D eigenvalue weighted by molar-refractivity contribution is -0.137. The molecule has 1 aromatic rings. The maximum Gasteiger partial charge on any atom is 0.332 e. The number of nitrogens with zero attached hydrogens (tertiary/aromatic N) is 1. The normalized spacial score (nSPS) is 10.2. The van der Waals surface area contributed by atoms with Gasteiger partial charge in [0.1, 0.15) is 0 Å². The Hall–Kier alpha value is -1.36. The van der Waals surface area contributed by atoms with Gasteiger partial charge in [-0.05, 0) is 6.92 Å². The maximum atomic E-state index is 10.8. The van der Waals surface area contributed by atoms with E-state index in [1.807, 2.05) is 5.38 Å². The van der Waals surface area contributed by atoms with E-state index in [0.717, 1.165) is 5.13 Å². The number of anilines is 1. The number of rotatable bonds is 4. The van der Waals surface area contributed by atoms with Crippen LogP contribution >= 0.6 is 11.3 Å². The molecule has 0 radical (unpaired) electrons. The topological polar surface area (TPSA) is 51.2 Å². The second-order valence-corrected chi connectivity index (χ2v) is 2.96. The summed E-state index contributed by atoms with van der Waals surface area (Å²) in [4.78, 5) is 14.8. The highest BCUT2D eigenvalue weighted by Gasteiger charge is 1.93. The number of carbonyl (C=O) groups is 1. The van der Waals surface area contributed by atoms with E-state index < -0.39 is 0 Å². The molecule has 0 saturated heterocycles. The Morgan fingerprint density at radius 1 is 1.85 bits per heavy atom. The van der Waals surface area contributed by atoms with E-state index in [9.17, 15) is 4.79 Å². The molecule has 0 aliphatic rings. The molecule has 4 nitrogen and oxygen atoms in total. The Bertz CT molecular complexity index is 282. The molecule has 1 heterocycles. The Morgan fingerprint density at radius 2 is 2.69 bits per heavy atom. The second kappa shape index (κ2) is 5.31. The van der Waals surface area contributed by atoms with E-state index in [0.29, 0.717) is 6.61 Å². The predicted octanol–water partition coefficient (Wildman–Crippen LogP) is 1.63. The van der Waals surface area contributed by atoms with Crippen LogP contribution in [0.25, 0.3) is 0 Å². The zero-order chi connectivity index (χ0) is 9.52. The minimum Gasteiger partial charge on any atom is -0.463 e. The van der Waals surface area contributed by atoms with Gasteiger partial charge >= 0.3 is 5.97 Å². The van der Waals surface area contributed by atoms with Gasteiger partial charge in [-0.15, -0.1) is 11.3 Å². The quantitative estimate of drug-likeness (QED) is 0.590. The third kappa shape index (κ3) is 3.71. The molecule has 70 valence electrons. The summed E-state index contributed by atoms with van der Waals surface area (Å²) in [6, 6.07) is 0. The first-order chi connectivity index (χ1) is 6.33. The third-order valence-electron chi connectivity index (χ3n) is 1.15. The van der Waals surface area contributed by atoms with E-state index in [2.05, 4.69) is 15.0 Å². The van der Waals surface area contributed by atoms with Crippen LogP contribution in [0.5, 0.6) is 0 Å². The Morgan fingerprint density at radius 3 is 3.31 bits per heavy atom. The molecular formula is C8H10N2O2S. The lowest BCUT2D eigenvalue weighted by atomic mass is 10.6. The fourth-order valence-electron chi connectivity index (χ4n) is 0.666. The molecule has 0 aliphatic heterocycles. The van der Waals surface area contributed by atoms with Crippen LogP contribution in [0.3, 0.4) is 0 Å².